The van der Waals surface area contributed by atoms with Gasteiger partial charge >= 0.3 is 5.97 Å². The van der Waals surface area contributed by atoms with E-state index in [-0.39, 0.29) is 11.3 Å². The van der Waals surface area contributed by atoms with Crippen molar-refractivity contribution in [1.82, 2.24) is 0 Å². The number of ketones is 1. The molecule has 4 rings (SSSR count). The second-order valence-corrected chi connectivity index (χ2v) is 7.11. The van der Waals surface area contributed by atoms with E-state index in [4.69, 9.17) is 4.74 Å². The van der Waals surface area contributed by atoms with Crippen LogP contribution in [0, 0.1) is 5.82 Å². The molecule has 0 unspecified atom stereocenters. The lowest BCUT2D eigenvalue weighted by Gasteiger charge is -2.05. The maximum atomic E-state index is 13.0. The highest BCUT2D eigenvalue weighted by molar-refractivity contribution is 6.07. The molecule has 0 saturated carbocycles. The van der Waals surface area contributed by atoms with Crippen LogP contribution in [0.25, 0.3) is 17.2 Å². The van der Waals surface area contributed by atoms with Crippen molar-refractivity contribution in [1.29, 1.82) is 0 Å². The van der Waals surface area contributed by atoms with Crippen LogP contribution in [0.4, 0.5) is 4.39 Å². The van der Waals surface area contributed by atoms with E-state index in [1.165, 1.54) is 30.3 Å². The summed E-state index contributed by atoms with van der Waals surface area (Å²) in [5.74, 6) is -0.798. The Labute approximate surface area is 185 Å². The molecule has 32 heavy (non-hydrogen) atoms. The molecular weight excluding hydrogens is 403 g/mol. The number of hydrogen-bond acceptors (Lipinski definition) is 3. The quantitative estimate of drug-likeness (QED) is 0.152. The summed E-state index contributed by atoms with van der Waals surface area (Å²) < 4.78 is 18.4. The molecule has 3 nitrogen and oxygen atoms in total. The van der Waals surface area contributed by atoms with Gasteiger partial charge in [-0.15, -0.1) is 0 Å². The highest BCUT2D eigenvalue weighted by atomic mass is 19.1. The molecule has 4 aromatic rings. The standard InChI is InChI=1S/C28H19FO3/c29-25-16-14-24(15-17-25)28(31)32-26-8-4-5-20(19-26)9-18-27(30)23-12-10-22(11-13-23)21-6-2-1-3-7-21/h1-19H. The first-order valence-corrected chi connectivity index (χ1v) is 10.0. The van der Waals surface area contributed by atoms with Gasteiger partial charge in [0.25, 0.3) is 0 Å². The predicted molar refractivity (Wildman–Crippen MR) is 123 cm³/mol. The fourth-order valence-electron chi connectivity index (χ4n) is 3.16. The molecule has 0 fully saturated rings. The van der Waals surface area contributed by atoms with Crippen molar-refractivity contribution in [2.45, 2.75) is 0 Å². The molecule has 0 spiro atoms. The van der Waals surface area contributed by atoms with Gasteiger partial charge in [-0.05, 0) is 59.2 Å². The zero-order chi connectivity index (χ0) is 22.3. The Morgan fingerprint density at radius 2 is 1.34 bits per heavy atom. The van der Waals surface area contributed by atoms with Crippen LogP contribution in [-0.2, 0) is 0 Å². The number of rotatable bonds is 6. The first kappa shape index (κ1) is 20.9. The lowest BCUT2D eigenvalue weighted by Crippen LogP contribution is -2.08. The van der Waals surface area contributed by atoms with Crippen LogP contribution in [0.3, 0.4) is 0 Å². The van der Waals surface area contributed by atoms with Crippen LogP contribution < -0.4 is 4.74 Å². The van der Waals surface area contributed by atoms with Crippen molar-refractivity contribution < 1.29 is 18.7 Å². The first-order valence-electron chi connectivity index (χ1n) is 10.0. The molecule has 0 saturated heterocycles. The molecule has 0 aliphatic carbocycles. The monoisotopic (exact) mass is 422 g/mol. The van der Waals surface area contributed by atoms with Crippen LogP contribution in [0.1, 0.15) is 26.3 Å². The van der Waals surface area contributed by atoms with E-state index >= 15 is 0 Å². The van der Waals surface area contributed by atoms with Gasteiger partial charge in [0.05, 0.1) is 5.56 Å². The molecule has 0 radical (unpaired) electrons. The zero-order valence-corrected chi connectivity index (χ0v) is 17.1. The van der Waals surface area contributed by atoms with Crippen LogP contribution in [0.15, 0.2) is 109 Å². The van der Waals surface area contributed by atoms with Crippen molar-refractivity contribution in [3.8, 4) is 16.9 Å². The summed E-state index contributed by atoms with van der Waals surface area (Å²) in [4.78, 5) is 24.7. The third-order valence-electron chi connectivity index (χ3n) is 4.85. The maximum Gasteiger partial charge on any atom is 0.343 e. The summed E-state index contributed by atoms with van der Waals surface area (Å²) >= 11 is 0. The average molecular weight is 422 g/mol. The van der Waals surface area contributed by atoms with E-state index in [0.717, 1.165) is 11.1 Å². The molecule has 0 heterocycles. The van der Waals surface area contributed by atoms with E-state index in [9.17, 15) is 14.0 Å². The number of ether oxygens (including phenoxy) is 1. The number of esters is 1. The van der Waals surface area contributed by atoms with E-state index in [2.05, 4.69) is 0 Å². The fourth-order valence-corrected chi connectivity index (χ4v) is 3.16. The molecule has 0 bridgehead atoms. The van der Waals surface area contributed by atoms with Crippen molar-refractivity contribution in [2.24, 2.45) is 0 Å². The second-order valence-electron chi connectivity index (χ2n) is 7.11. The summed E-state index contributed by atoms with van der Waals surface area (Å²) in [5.41, 5.74) is 3.68. The SMILES string of the molecule is O=C(C=Cc1cccc(OC(=O)c2ccc(F)cc2)c1)c1ccc(-c2ccccc2)cc1. The summed E-state index contributed by atoms with van der Waals surface area (Å²) in [5, 5.41) is 0. The Hall–Kier alpha value is -4.31. The minimum Gasteiger partial charge on any atom is -0.423 e. The van der Waals surface area contributed by atoms with Gasteiger partial charge in [0, 0.05) is 5.56 Å². The zero-order valence-electron chi connectivity index (χ0n) is 17.1. The minimum absolute atomic E-state index is 0.127. The fraction of sp³-hybridized carbons (Fsp3) is 0. The summed E-state index contributed by atoms with van der Waals surface area (Å²) in [6.45, 7) is 0. The molecule has 0 amide bonds. The second kappa shape index (κ2) is 9.67. The Morgan fingerprint density at radius 3 is 2.06 bits per heavy atom. The van der Waals surface area contributed by atoms with Gasteiger partial charge in [-0.2, -0.15) is 0 Å². The smallest absolute Gasteiger partial charge is 0.343 e. The third-order valence-corrected chi connectivity index (χ3v) is 4.85. The normalized spacial score (nSPS) is 10.8. The van der Waals surface area contributed by atoms with E-state index in [1.54, 1.807) is 42.5 Å². The predicted octanol–water partition coefficient (Wildman–Crippen LogP) is 6.61. The van der Waals surface area contributed by atoms with Crippen LogP contribution in [0.2, 0.25) is 0 Å². The summed E-state index contributed by atoms with van der Waals surface area (Å²) in [6, 6.07) is 29.4. The third kappa shape index (κ3) is 5.24. The Balaban J connectivity index is 1.42. The van der Waals surface area contributed by atoms with Gasteiger partial charge in [0.2, 0.25) is 0 Å². The van der Waals surface area contributed by atoms with Crippen LogP contribution in [-0.4, -0.2) is 11.8 Å². The molecule has 0 aliphatic heterocycles. The van der Waals surface area contributed by atoms with E-state index in [1.807, 2.05) is 42.5 Å². The van der Waals surface area contributed by atoms with Gasteiger partial charge in [-0.3, -0.25) is 4.79 Å². The first-order chi connectivity index (χ1) is 15.6. The molecule has 0 aliphatic rings. The Bertz CT molecular complexity index is 1260. The van der Waals surface area contributed by atoms with Crippen molar-refractivity contribution in [3.05, 3.63) is 132 Å². The molecule has 0 atom stereocenters. The summed E-state index contributed by atoms with van der Waals surface area (Å²) in [6.07, 6.45) is 3.15. The number of allylic oxidation sites excluding steroid dienone is 1. The van der Waals surface area contributed by atoms with Gasteiger partial charge < -0.3 is 4.74 Å². The maximum absolute atomic E-state index is 13.0. The van der Waals surface area contributed by atoms with Gasteiger partial charge in [0.1, 0.15) is 11.6 Å². The van der Waals surface area contributed by atoms with Crippen LogP contribution in [0.5, 0.6) is 5.75 Å². The number of benzene rings is 4. The minimum atomic E-state index is -0.583. The molecule has 156 valence electrons. The lowest BCUT2D eigenvalue weighted by molar-refractivity contribution is 0.0734. The number of hydrogen-bond donors (Lipinski definition) is 0. The van der Waals surface area contributed by atoms with E-state index in [0.29, 0.717) is 16.9 Å². The van der Waals surface area contributed by atoms with Gasteiger partial charge in [-0.25, -0.2) is 9.18 Å². The van der Waals surface area contributed by atoms with E-state index < -0.39 is 11.8 Å². The highest BCUT2D eigenvalue weighted by Crippen LogP contribution is 2.20. The molecule has 0 N–H and O–H groups in total. The van der Waals surface area contributed by atoms with Crippen molar-refractivity contribution >= 4 is 17.8 Å². The topological polar surface area (TPSA) is 43.4 Å². The van der Waals surface area contributed by atoms with Crippen molar-refractivity contribution in [2.75, 3.05) is 0 Å². The highest BCUT2D eigenvalue weighted by Gasteiger charge is 2.09. The van der Waals surface area contributed by atoms with Crippen molar-refractivity contribution in [3.63, 3.8) is 0 Å². The Kier molecular flexibility index (Phi) is 6.33. The van der Waals surface area contributed by atoms with Gasteiger partial charge in [0.15, 0.2) is 5.78 Å². The van der Waals surface area contributed by atoms with Crippen LogP contribution >= 0.6 is 0 Å². The number of carbonyl (C=O) groups excluding carboxylic acids is 2. The molecule has 4 heteroatoms. The molecular formula is C28H19FO3. The Morgan fingerprint density at radius 1 is 0.688 bits per heavy atom. The van der Waals surface area contributed by atoms with Gasteiger partial charge in [-0.1, -0.05) is 72.8 Å². The number of halogens is 1. The average Bonchev–Trinajstić information content (AvgIpc) is 2.84. The molecule has 4 aromatic carbocycles. The molecule has 0 aromatic heterocycles. The largest absolute Gasteiger partial charge is 0.423 e. The summed E-state index contributed by atoms with van der Waals surface area (Å²) in [7, 11) is 0. The number of carbonyl (C=O) groups is 2. The lowest BCUT2D eigenvalue weighted by atomic mass is 10.0.